The van der Waals surface area contributed by atoms with Gasteiger partial charge in [0.15, 0.2) is 16.5 Å². The average molecular weight is 891 g/mol. The highest BCUT2D eigenvalue weighted by Crippen LogP contribution is 2.43. The number of nitrogens with two attached hydrogens (primary N) is 1. The third-order valence-corrected chi connectivity index (χ3v) is 13.5. The molecular weight excluding hydrogens is 854 g/mol. The number of hydrogen-bond acceptors (Lipinski definition) is 13. The standard InChI is InChI=1S/C45H37ClF2N8O6S/c1-4-23-25-14-22(6-9-32(25)52-36-27(23)17-56-33(36)16-29-28(42(56)58)19-62-43(59)45(29,60)5-2)61-18-21(3)41(57)55-12-10-54(11-13-55)40-26-15-30(46)34(35(48)37(26)50-20-51-40)24-7-8-31(47)39-38(24)53-44(49)63-39/h6-9,14-16,20,60H,3-5,10-13,17-19H2,1-2H3,(H2,49,53)/t45-/m0/s1. The van der Waals surface area contributed by atoms with Crippen LogP contribution in [0.15, 0.2) is 65.7 Å². The second-order valence-corrected chi connectivity index (χ2v) is 17.1. The van der Waals surface area contributed by atoms with Crippen LogP contribution in [-0.4, -0.2) is 79.2 Å². The smallest absolute Gasteiger partial charge is 0.343 e. The van der Waals surface area contributed by atoms with Gasteiger partial charge in [-0.1, -0.05) is 43.4 Å². The molecule has 1 saturated heterocycles. The molecule has 0 spiro atoms. The molecule has 7 aromatic rings. The molecule has 14 nitrogen and oxygen atoms in total. The Bertz CT molecular complexity index is 3220. The Morgan fingerprint density at radius 2 is 1.83 bits per heavy atom. The van der Waals surface area contributed by atoms with Gasteiger partial charge in [0.25, 0.3) is 11.5 Å². The van der Waals surface area contributed by atoms with Crippen molar-refractivity contribution in [3.05, 3.63) is 110 Å². The number of ether oxygens (including phenoxy) is 2. The van der Waals surface area contributed by atoms with Crippen molar-refractivity contribution >= 4 is 77.8 Å². The van der Waals surface area contributed by atoms with Crippen LogP contribution >= 0.6 is 22.9 Å². The highest BCUT2D eigenvalue weighted by molar-refractivity contribution is 7.22. The number of halogens is 3. The molecule has 0 bridgehead atoms. The monoisotopic (exact) mass is 890 g/mol. The molecule has 0 saturated carbocycles. The number of amides is 1. The molecule has 0 radical (unpaired) electrons. The molecule has 1 amide bonds. The number of pyridine rings is 2. The Morgan fingerprint density at radius 1 is 1.03 bits per heavy atom. The minimum atomic E-state index is -1.92. The van der Waals surface area contributed by atoms with Crippen LogP contribution in [0.1, 0.15) is 42.5 Å². The zero-order chi connectivity index (χ0) is 44.1. The molecule has 3 aliphatic heterocycles. The van der Waals surface area contributed by atoms with E-state index in [1.54, 1.807) is 34.6 Å². The predicted octanol–water partition coefficient (Wildman–Crippen LogP) is 6.66. The van der Waals surface area contributed by atoms with Crippen molar-refractivity contribution in [2.45, 2.75) is 45.4 Å². The van der Waals surface area contributed by atoms with Crippen LogP contribution in [0.3, 0.4) is 0 Å². The Hall–Kier alpha value is -6.56. The van der Waals surface area contributed by atoms with Crippen LogP contribution in [0, 0.1) is 11.6 Å². The summed E-state index contributed by atoms with van der Waals surface area (Å²) in [6.45, 7) is 9.16. The number of nitrogen functional groups attached to an aromatic ring is 1. The number of carbonyl (C=O) groups excluding carboxylic acids is 2. The molecule has 4 aromatic heterocycles. The van der Waals surface area contributed by atoms with Gasteiger partial charge in [-0.2, -0.15) is 0 Å². The Labute approximate surface area is 366 Å². The van der Waals surface area contributed by atoms with Crippen LogP contribution < -0.4 is 20.9 Å². The summed E-state index contributed by atoms with van der Waals surface area (Å²) in [6, 6.07) is 11.4. The van der Waals surface area contributed by atoms with Gasteiger partial charge in [0, 0.05) is 64.8 Å². The summed E-state index contributed by atoms with van der Waals surface area (Å²) < 4.78 is 44.0. The van der Waals surface area contributed by atoms with Gasteiger partial charge in [0.2, 0.25) is 0 Å². The molecule has 3 aromatic carbocycles. The molecule has 7 heterocycles. The van der Waals surface area contributed by atoms with Gasteiger partial charge < -0.3 is 34.7 Å². The summed E-state index contributed by atoms with van der Waals surface area (Å²) >= 11 is 7.69. The normalized spacial score (nSPS) is 17.0. The summed E-state index contributed by atoms with van der Waals surface area (Å²) in [5.74, 6) is -1.30. The van der Waals surface area contributed by atoms with Crippen molar-refractivity contribution < 1.29 is 33.0 Å². The second-order valence-electron chi connectivity index (χ2n) is 15.7. The average Bonchev–Trinajstić information content (AvgIpc) is 3.87. The number of nitrogens with zero attached hydrogens (tertiary/aromatic N) is 7. The van der Waals surface area contributed by atoms with Crippen molar-refractivity contribution in [1.82, 2.24) is 29.4 Å². The lowest BCUT2D eigenvalue weighted by atomic mass is 9.86. The summed E-state index contributed by atoms with van der Waals surface area (Å²) in [5, 5.41) is 12.7. The summed E-state index contributed by atoms with van der Waals surface area (Å²) in [7, 11) is 0. The Kier molecular flexibility index (Phi) is 9.69. The van der Waals surface area contributed by atoms with Crippen molar-refractivity contribution in [2.75, 3.05) is 43.4 Å². The zero-order valence-electron chi connectivity index (χ0n) is 33.9. The number of fused-ring (bicyclic) bond motifs is 7. The quantitative estimate of drug-likeness (QED) is 0.123. The van der Waals surface area contributed by atoms with E-state index in [1.165, 1.54) is 18.5 Å². The lowest BCUT2D eigenvalue weighted by Crippen LogP contribution is -2.49. The predicted molar refractivity (Wildman–Crippen MR) is 235 cm³/mol. The van der Waals surface area contributed by atoms with Crippen molar-refractivity contribution in [3.8, 4) is 28.3 Å². The fourth-order valence-electron chi connectivity index (χ4n) is 9.02. The SMILES string of the molecule is C=C(COc1ccc2nc3c(c(CC)c2c1)Cn1c-3cc2c(c1=O)COC(=O)[C@]2(O)CC)C(=O)N1CCN(c2ncnc3c(F)c(-c4ccc(F)c5sc(N)nc45)c(Cl)cc23)CC1. The number of cyclic esters (lactones) is 1. The number of aromatic nitrogens is 5. The highest BCUT2D eigenvalue weighted by Gasteiger charge is 2.45. The Balaban J connectivity index is 0.836. The fourth-order valence-corrected chi connectivity index (χ4v) is 10.1. The third-order valence-electron chi connectivity index (χ3n) is 12.3. The highest BCUT2D eigenvalue weighted by atomic mass is 35.5. The maximum atomic E-state index is 16.3. The van der Waals surface area contributed by atoms with Gasteiger partial charge in [-0.15, -0.1) is 0 Å². The van der Waals surface area contributed by atoms with E-state index in [0.717, 1.165) is 27.8 Å². The van der Waals surface area contributed by atoms with Crippen LogP contribution in [-0.2, 0) is 39.5 Å². The topological polar surface area (TPSA) is 179 Å². The molecule has 3 aliphatic rings. The number of esters is 1. The fraction of sp³-hybridized carbons (Fsp3) is 0.267. The maximum Gasteiger partial charge on any atom is 0.343 e. The molecule has 3 N–H and O–H groups in total. The largest absolute Gasteiger partial charge is 0.489 e. The molecule has 0 unspecified atom stereocenters. The van der Waals surface area contributed by atoms with Crippen LogP contribution in [0.4, 0.5) is 19.7 Å². The number of piperazine rings is 1. The van der Waals surface area contributed by atoms with Gasteiger partial charge >= 0.3 is 5.97 Å². The van der Waals surface area contributed by atoms with E-state index in [9.17, 15) is 23.9 Å². The molecule has 0 aliphatic carbocycles. The summed E-state index contributed by atoms with van der Waals surface area (Å²) in [6.07, 6.45) is 1.95. The number of hydrogen-bond donors (Lipinski definition) is 2. The van der Waals surface area contributed by atoms with E-state index >= 15 is 4.39 Å². The molecule has 18 heteroatoms. The van der Waals surface area contributed by atoms with Crippen LogP contribution in [0.25, 0.3) is 54.5 Å². The maximum absolute atomic E-state index is 16.3. The molecule has 320 valence electrons. The van der Waals surface area contributed by atoms with Crippen molar-refractivity contribution in [2.24, 2.45) is 0 Å². The van der Waals surface area contributed by atoms with Gasteiger partial charge in [0.05, 0.1) is 44.3 Å². The number of aryl methyl sites for hydroxylation is 1. The number of benzene rings is 3. The number of aliphatic hydroxyl groups is 1. The summed E-state index contributed by atoms with van der Waals surface area (Å²) in [4.78, 5) is 61.5. The van der Waals surface area contributed by atoms with Gasteiger partial charge in [0.1, 0.15) is 42.4 Å². The number of rotatable bonds is 8. The first-order valence-corrected chi connectivity index (χ1v) is 21.5. The third kappa shape index (κ3) is 6.31. The van der Waals surface area contributed by atoms with Crippen molar-refractivity contribution in [1.29, 1.82) is 0 Å². The van der Waals surface area contributed by atoms with Gasteiger partial charge in [-0.3, -0.25) is 9.59 Å². The zero-order valence-corrected chi connectivity index (χ0v) is 35.5. The van der Waals surface area contributed by atoms with E-state index < -0.39 is 23.2 Å². The van der Waals surface area contributed by atoms with Crippen LogP contribution in [0.5, 0.6) is 5.75 Å². The molecule has 63 heavy (non-hydrogen) atoms. The van der Waals surface area contributed by atoms with Gasteiger partial charge in [-0.05, 0) is 60.9 Å². The van der Waals surface area contributed by atoms with E-state index in [4.69, 9.17) is 31.8 Å². The first-order valence-electron chi connectivity index (χ1n) is 20.3. The molecule has 1 atom stereocenters. The first-order chi connectivity index (χ1) is 30.3. The van der Waals surface area contributed by atoms with E-state index in [-0.39, 0.29) is 85.8 Å². The number of carbonyl (C=O) groups is 2. The summed E-state index contributed by atoms with van der Waals surface area (Å²) in [5.41, 5.74) is 8.63. The molecule has 1 fully saturated rings. The van der Waals surface area contributed by atoms with Crippen molar-refractivity contribution in [3.63, 3.8) is 0 Å². The molecule has 10 rings (SSSR count). The second kappa shape index (κ2) is 15.1. The number of anilines is 2. The van der Waals surface area contributed by atoms with Crippen LogP contribution in [0.2, 0.25) is 5.02 Å². The lowest BCUT2D eigenvalue weighted by Gasteiger charge is -2.36. The number of thiazole rings is 1. The van der Waals surface area contributed by atoms with E-state index in [2.05, 4.69) is 21.5 Å². The first kappa shape index (κ1) is 40.5. The lowest BCUT2D eigenvalue weighted by molar-refractivity contribution is -0.172. The van der Waals surface area contributed by atoms with Gasteiger partial charge in [-0.25, -0.2) is 33.5 Å². The minimum absolute atomic E-state index is 0.0283. The van der Waals surface area contributed by atoms with E-state index in [0.29, 0.717) is 72.0 Å². The minimum Gasteiger partial charge on any atom is -0.489 e. The van der Waals surface area contributed by atoms with E-state index in [1.807, 2.05) is 24.0 Å². The molecular formula is C45H37ClF2N8O6S. The Morgan fingerprint density at radius 3 is 2.59 bits per heavy atom.